The van der Waals surface area contributed by atoms with Crippen LogP contribution in [0.2, 0.25) is 0 Å². The van der Waals surface area contributed by atoms with Gasteiger partial charge in [0.25, 0.3) is 0 Å². The highest BCUT2D eigenvalue weighted by Gasteiger charge is 2.41. The highest BCUT2D eigenvalue weighted by atomic mass is 127. The maximum Gasteiger partial charge on any atom is 0.410 e. The van der Waals surface area contributed by atoms with E-state index in [1.807, 2.05) is 39.5 Å². The van der Waals surface area contributed by atoms with Crippen LogP contribution < -0.4 is 5.32 Å². The van der Waals surface area contributed by atoms with Crippen molar-refractivity contribution in [3.63, 3.8) is 0 Å². The molecular weight excluding hydrogens is 507 g/mol. The Morgan fingerprint density at radius 2 is 1.93 bits per heavy atom. The van der Waals surface area contributed by atoms with E-state index in [0.717, 1.165) is 5.96 Å². The Morgan fingerprint density at radius 3 is 2.41 bits per heavy atom. The molecule has 0 saturated carbocycles. The van der Waals surface area contributed by atoms with Crippen molar-refractivity contribution in [3.05, 3.63) is 0 Å². The van der Waals surface area contributed by atoms with E-state index in [1.54, 1.807) is 25.8 Å². The number of amides is 1. The average molecular weight is 547 g/mol. The molecule has 1 rings (SSSR count). The van der Waals surface area contributed by atoms with Gasteiger partial charge in [-0.2, -0.15) is 0 Å². The quantitative estimate of drug-likeness (QED) is 0.324. The summed E-state index contributed by atoms with van der Waals surface area (Å²) in [6, 6.07) is 0. The highest BCUT2D eigenvalue weighted by molar-refractivity contribution is 14.0. The van der Waals surface area contributed by atoms with Gasteiger partial charge in [-0.3, -0.25) is 4.99 Å². The number of hydrogen-bond donors (Lipinski definition) is 1. The Morgan fingerprint density at radius 1 is 1.34 bits per heavy atom. The van der Waals surface area contributed by atoms with Gasteiger partial charge in [-0.25, -0.2) is 13.2 Å². The van der Waals surface area contributed by atoms with Crippen LogP contribution in [-0.4, -0.2) is 86.1 Å². The molecule has 10 heteroatoms. The molecule has 0 aromatic carbocycles. The summed E-state index contributed by atoms with van der Waals surface area (Å²) in [4.78, 5) is 20.4. The van der Waals surface area contributed by atoms with Gasteiger partial charge in [0, 0.05) is 39.8 Å². The fraction of sp³-hybridized carbons (Fsp3) is 0.895. The molecular formula is C19H39IN4O4S. The topological polar surface area (TPSA) is 91.3 Å². The molecule has 1 aliphatic rings. The molecule has 8 nitrogen and oxygen atoms in total. The second-order valence-corrected chi connectivity index (χ2v) is 11.9. The maximum absolute atomic E-state index is 12.2. The fourth-order valence-electron chi connectivity index (χ4n) is 2.93. The molecule has 1 aliphatic heterocycles. The highest BCUT2D eigenvalue weighted by Crippen LogP contribution is 2.23. The number of nitrogens with zero attached hydrogens (tertiary/aromatic N) is 3. The molecule has 1 unspecified atom stereocenters. The van der Waals surface area contributed by atoms with Gasteiger partial charge in [0.05, 0.1) is 10.5 Å². The van der Waals surface area contributed by atoms with Crippen LogP contribution >= 0.6 is 24.0 Å². The van der Waals surface area contributed by atoms with Gasteiger partial charge in [-0.05, 0) is 47.5 Å². The van der Waals surface area contributed by atoms with E-state index >= 15 is 0 Å². The van der Waals surface area contributed by atoms with E-state index in [4.69, 9.17) is 9.73 Å². The van der Waals surface area contributed by atoms with Crippen molar-refractivity contribution in [1.82, 2.24) is 15.1 Å². The van der Waals surface area contributed by atoms with Crippen molar-refractivity contribution in [2.75, 3.05) is 45.5 Å². The number of aliphatic imine (C=N–C) groups is 1. The Kier molecular flexibility index (Phi) is 10.7. The van der Waals surface area contributed by atoms with Crippen molar-refractivity contribution in [3.8, 4) is 0 Å². The van der Waals surface area contributed by atoms with Crippen LogP contribution in [0.3, 0.4) is 0 Å². The summed E-state index contributed by atoms with van der Waals surface area (Å²) >= 11 is 0. The summed E-state index contributed by atoms with van der Waals surface area (Å²) < 4.78 is 29.1. The van der Waals surface area contributed by atoms with Gasteiger partial charge in [0.1, 0.15) is 5.60 Å². The third-order valence-corrected chi connectivity index (χ3v) is 7.05. The zero-order chi connectivity index (χ0) is 21.8. The molecule has 0 aromatic heterocycles. The second kappa shape index (κ2) is 11.0. The molecule has 172 valence electrons. The number of carbonyl (C=O) groups is 1. The van der Waals surface area contributed by atoms with Gasteiger partial charge < -0.3 is 19.9 Å². The zero-order valence-electron chi connectivity index (χ0n) is 19.1. The number of halogens is 1. The van der Waals surface area contributed by atoms with Gasteiger partial charge in [-0.15, -0.1) is 24.0 Å². The fourth-order valence-corrected chi connectivity index (χ4v) is 4.30. The van der Waals surface area contributed by atoms with Gasteiger partial charge >= 0.3 is 6.09 Å². The van der Waals surface area contributed by atoms with Crippen molar-refractivity contribution >= 4 is 45.9 Å². The Labute approximate surface area is 193 Å². The molecule has 0 spiro atoms. The molecule has 0 aromatic rings. The minimum Gasteiger partial charge on any atom is -0.444 e. The first-order valence-electron chi connectivity index (χ1n) is 9.88. The summed E-state index contributed by atoms with van der Waals surface area (Å²) in [5.74, 6) is 0.978. The van der Waals surface area contributed by atoms with Crippen LogP contribution in [0, 0.1) is 5.92 Å². The lowest BCUT2D eigenvalue weighted by molar-refractivity contribution is 0.0279. The van der Waals surface area contributed by atoms with E-state index < -0.39 is 20.2 Å². The van der Waals surface area contributed by atoms with Crippen molar-refractivity contribution in [2.45, 2.75) is 58.8 Å². The van der Waals surface area contributed by atoms with E-state index in [2.05, 4.69) is 5.32 Å². The summed E-state index contributed by atoms with van der Waals surface area (Å²) in [5, 5.41) is 3.26. The van der Waals surface area contributed by atoms with Crippen LogP contribution in [0.25, 0.3) is 0 Å². The summed E-state index contributed by atoms with van der Waals surface area (Å²) in [6.07, 6.45) is -0.349. The molecule has 0 aliphatic carbocycles. The monoisotopic (exact) mass is 546 g/mol. The lowest BCUT2D eigenvalue weighted by atomic mass is 10.1. The SMILES string of the molecule is CCNC(=NCC(C)CN(C)C(=O)OC(C)(C)C)N1CCS(=O)(=O)C(C)(C)C1.I. The largest absolute Gasteiger partial charge is 0.444 e. The summed E-state index contributed by atoms with van der Waals surface area (Å²) in [7, 11) is -1.38. The van der Waals surface area contributed by atoms with E-state index in [9.17, 15) is 13.2 Å². The number of nitrogens with one attached hydrogen (secondary N) is 1. The minimum absolute atomic E-state index is 0. The minimum atomic E-state index is -3.10. The molecule has 1 saturated heterocycles. The van der Waals surface area contributed by atoms with Gasteiger partial charge in [-0.1, -0.05) is 6.92 Å². The number of rotatable bonds is 5. The van der Waals surface area contributed by atoms with Crippen LogP contribution in [-0.2, 0) is 14.6 Å². The van der Waals surface area contributed by atoms with Crippen molar-refractivity contribution < 1.29 is 17.9 Å². The Balaban J connectivity index is 0.00000784. The number of hydrogen-bond acceptors (Lipinski definition) is 5. The summed E-state index contributed by atoms with van der Waals surface area (Å²) in [5.41, 5.74) is -0.521. The van der Waals surface area contributed by atoms with E-state index in [1.165, 1.54) is 0 Å². The molecule has 1 atom stereocenters. The van der Waals surface area contributed by atoms with Crippen LogP contribution in [0.15, 0.2) is 4.99 Å². The molecule has 0 radical (unpaired) electrons. The smallest absolute Gasteiger partial charge is 0.410 e. The molecule has 1 amide bonds. The standard InChI is InChI=1S/C19H38N4O4S.HI/c1-9-20-16(23-10-11-28(25,26)19(6,7)14-23)21-12-15(2)13-22(8)17(24)27-18(3,4)5;/h15H,9-14H2,1-8H3,(H,20,21);1H. The van der Waals surface area contributed by atoms with Gasteiger partial charge in [0.15, 0.2) is 15.8 Å². The summed E-state index contributed by atoms with van der Waals surface area (Å²) in [6.45, 7) is 15.7. The van der Waals surface area contributed by atoms with E-state index in [0.29, 0.717) is 32.7 Å². The molecule has 1 N–H and O–H groups in total. The van der Waals surface area contributed by atoms with Crippen molar-refractivity contribution in [2.24, 2.45) is 10.9 Å². The number of guanidine groups is 1. The maximum atomic E-state index is 12.2. The predicted molar refractivity (Wildman–Crippen MR) is 129 cm³/mol. The third kappa shape index (κ3) is 8.85. The van der Waals surface area contributed by atoms with E-state index in [-0.39, 0.29) is 41.7 Å². The van der Waals surface area contributed by atoms with Crippen molar-refractivity contribution in [1.29, 1.82) is 0 Å². The molecule has 1 fully saturated rings. The Bertz CT molecular complexity index is 674. The first-order chi connectivity index (χ1) is 12.7. The number of carbonyl (C=O) groups excluding carboxylic acids is 1. The molecule has 29 heavy (non-hydrogen) atoms. The Hall–Kier alpha value is -0.780. The lowest BCUT2D eigenvalue weighted by Gasteiger charge is -2.39. The average Bonchev–Trinajstić information content (AvgIpc) is 2.52. The number of ether oxygens (including phenoxy) is 1. The molecule has 0 bridgehead atoms. The lowest BCUT2D eigenvalue weighted by Crippen LogP contribution is -2.57. The normalized spacial score (nSPS) is 19.7. The van der Waals surface area contributed by atoms with Gasteiger partial charge in [0.2, 0.25) is 0 Å². The van der Waals surface area contributed by atoms with Crippen LogP contribution in [0.1, 0.15) is 48.5 Å². The third-order valence-electron chi connectivity index (χ3n) is 4.52. The molecule has 1 heterocycles. The van der Waals surface area contributed by atoms with Crippen LogP contribution in [0.4, 0.5) is 4.79 Å². The number of sulfone groups is 1. The second-order valence-electron chi connectivity index (χ2n) is 9.16. The zero-order valence-corrected chi connectivity index (χ0v) is 22.3. The predicted octanol–water partition coefficient (Wildman–Crippen LogP) is 2.58. The first kappa shape index (κ1) is 28.2. The first-order valence-corrected chi connectivity index (χ1v) is 11.5. The van der Waals surface area contributed by atoms with Crippen LogP contribution in [0.5, 0.6) is 0 Å².